The fourth-order valence-electron chi connectivity index (χ4n) is 1.37. The van der Waals surface area contributed by atoms with Crippen LogP contribution in [-0.4, -0.2) is 9.97 Å². The van der Waals surface area contributed by atoms with Crippen molar-refractivity contribution in [2.75, 3.05) is 11.1 Å². The lowest BCUT2D eigenvalue weighted by molar-refractivity contribution is 0.584. The quantitative estimate of drug-likeness (QED) is 0.836. The molecule has 2 aromatic rings. The maximum absolute atomic E-state index is 13.7. The van der Waals surface area contributed by atoms with Gasteiger partial charge in [-0.2, -0.15) is 4.98 Å². The highest BCUT2D eigenvalue weighted by Gasteiger charge is 2.13. The zero-order valence-corrected chi connectivity index (χ0v) is 10.9. The molecule has 0 bridgehead atoms. The number of halogens is 3. The van der Waals surface area contributed by atoms with Crippen molar-refractivity contribution in [3.63, 3.8) is 0 Å². The van der Waals surface area contributed by atoms with Gasteiger partial charge in [0, 0.05) is 6.07 Å². The number of benzene rings is 1. The average molecular weight is 315 g/mol. The lowest BCUT2D eigenvalue weighted by Gasteiger charge is -2.09. The molecule has 4 nitrogen and oxygen atoms in total. The van der Waals surface area contributed by atoms with Gasteiger partial charge < -0.3 is 11.1 Å². The first-order chi connectivity index (χ1) is 8.47. The summed E-state index contributed by atoms with van der Waals surface area (Å²) in [6.07, 6.45) is 0. The Hall–Kier alpha value is -1.76. The normalized spacial score (nSPS) is 10.4. The Morgan fingerprint density at radius 2 is 2.00 bits per heavy atom. The van der Waals surface area contributed by atoms with Gasteiger partial charge in [-0.05, 0) is 34.5 Å². The molecule has 0 radical (unpaired) electrons. The summed E-state index contributed by atoms with van der Waals surface area (Å²) in [4.78, 5) is 7.76. The third-order valence-electron chi connectivity index (χ3n) is 2.24. The van der Waals surface area contributed by atoms with E-state index in [2.05, 4.69) is 31.2 Å². The molecule has 0 saturated carbocycles. The van der Waals surface area contributed by atoms with Gasteiger partial charge in [0.1, 0.15) is 21.9 Å². The van der Waals surface area contributed by atoms with Gasteiger partial charge in [-0.3, -0.25) is 0 Å². The molecule has 0 spiro atoms. The lowest BCUT2D eigenvalue weighted by Crippen LogP contribution is -2.04. The third-order valence-corrected chi connectivity index (χ3v) is 2.64. The molecule has 0 aliphatic carbocycles. The van der Waals surface area contributed by atoms with Crippen LogP contribution in [0.2, 0.25) is 0 Å². The van der Waals surface area contributed by atoms with Gasteiger partial charge in [-0.1, -0.05) is 6.07 Å². The summed E-state index contributed by atoms with van der Waals surface area (Å²) < 4.78 is 27.7. The first kappa shape index (κ1) is 12.7. The number of hydrogen-bond acceptors (Lipinski definition) is 4. The van der Waals surface area contributed by atoms with Crippen molar-refractivity contribution in [3.05, 3.63) is 40.0 Å². The zero-order chi connectivity index (χ0) is 13.3. The van der Waals surface area contributed by atoms with Gasteiger partial charge >= 0.3 is 0 Å². The maximum atomic E-state index is 13.7. The minimum Gasteiger partial charge on any atom is -0.383 e. The predicted molar refractivity (Wildman–Crippen MR) is 68.5 cm³/mol. The van der Waals surface area contributed by atoms with Crippen LogP contribution in [0.4, 0.5) is 26.2 Å². The molecule has 0 atom stereocenters. The van der Waals surface area contributed by atoms with E-state index in [4.69, 9.17) is 5.73 Å². The first-order valence-electron chi connectivity index (χ1n) is 4.99. The average Bonchev–Trinajstić information content (AvgIpc) is 2.28. The topological polar surface area (TPSA) is 63.8 Å². The van der Waals surface area contributed by atoms with Crippen molar-refractivity contribution >= 4 is 33.4 Å². The standard InChI is InChI=1S/C11H9BrF2N4/c1-5-2-3-6(13)10(9(5)14)18-11-16-7(12)4-8(15)17-11/h2-4H,1H3,(H3,15,16,17,18). The summed E-state index contributed by atoms with van der Waals surface area (Å²) >= 11 is 3.12. The number of nitrogens with two attached hydrogens (primary N) is 1. The van der Waals surface area contributed by atoms with E-state index >= 15 is 0 Å². The fraction of sp³-hybridized carbons (Fsp3) is 0.0909. The third kappa shape index (κ3) is 2.56. The van der Waals surface area contributed by atoms with Crippen LogP contribution in [0.1, 0.15) is 5.56 Å². The second kappa shape index (κ2) is 4.85. The Bertz CT molecular complexity index is 584. The fourth-order valence-corrected chi connectivity index (χ4v) is 1.78. The molecular weight excluding hydrogens is 306 g/mol. The molecule has 1 aromatic heterocycles. The monoisotopic (exact) mass is 314 g/mol. The van der Waals surface area contributed by atoms with Gasteiger partial charge in [0.2, 0.25) is 5.95 Å². The highest BCUT2D eigenvalue weighted by molar-refractivity contribution is 9.10. The molecule has 0 aliphatic rings. The van der Waals surface area contributed by atoms with Crippen LogP contribution in [-0.2, 0) is 0 Å². The van der Waals surface area contributed by atoms with Crippen molar-refractivity contribution < 1.29 is 8.78 Å². The summed E-state index contributed by atoms with van der Waals surface area (Å²) in [7, 11) is 0. The second-order valence-electron chi connectivity index (χ2n) is 3.62. The molecule has 7 heteroatoms. The number of hydrogen-bond donors (Lipinski definition) is 2. The Morgan fingerprint density at radius 1 is 1.28 bits per heavy atom. The van der Waals surface area contributed by atoms with Crippen LogP contribution in [0.15, 0.2) is 22.8 Å². The number of anilines is 3. The van der Waals surface area contributed by atoms with Crippen molar-refractivity contribution in [3.8, 4) is 0 Å². The summed E-state index contributed by atoms with van der Waals surface area (Å²) in [6.45, 7) is 1.54. The van der Waals surface area contributed by atoms with Gasteiger partial charge in [0.05, 0.1) is 0 Å². The molecule has 0 unspecified atom stereocenters. The Kier molecular flexibility index (Phi) is 3.42. The van der Waals surface area contributed by atoms with E-state index in [1.54, 1.807) is 0 Å². The van der Waals surface area contributed by atoms with E-state index in [9.17, 15) is 8.78 Å². The Labute approximate surface area is 110 Å². The molecule has 0 aliphatic heterocycles. The van der Waals surface area contributed by atoms with Crippen LogP contribution < -0.4 is 11.1 Å². The SMILES string of the molecule is Cc1ccc(F)c(Nc2nc(N)cc(Br)n2)c1F. The molecule has 0 saturated heterocycles. The summed E-state index contributed by atoms with van der Waals surface area (Å²) in [6, 6.07) is 4.00. The molecule has 0 fully saturated rings. The molecule has 1 aromatic carbocycles. The molecule has 18 heavy (non-hydrogen) atoms. The lowest BCUT2D eigenvalue weighted by atomic mass is 10.2. The van der Waals surface area contributed by atoms with Crippen LogP contribution in [0, 0.1) is 18.6 Å². The van der Waals surface area contributed by atoms with E-state index < -0.39 is 11.6 Å². The molecule has 1 heterocycles. The van der Waals surface area contributed by atoms with E-state index in [1.165, 1.54) is 25.1 Å². The number of nitrogen functional groups attached to an aromatic ring is 1. The minimum atomic E-state index is -0.722. The molecule has 2 rings (SSSR count). The van der Waals surface area contributed by atoms with E-state index in [0.717, 1.165) is 0 Å². The molecular formula is C11H9BrF2N4. The number of aromatic nitrogens is 2. The first-order valence-corrected chi connectivity index (χ1v) is 5.78. The van der Waals surface area contributed by atoms with Gasteiger partial charge in [0.25, 0.3) is 0 Å². The number of aryl methyl sites for hydroxylation is 1. The second-order valence-corrected chi connectivity index (χ2v) is 4.43. The van der Waals surface area contributed by atoms with Gasteiger partial charge in [0.15, 0.2) is 5.82 Å². The van der Waals surface area contributed by atoms with Crippen LogP contribution in [0.5, 0.6) is 0 Å². The Balaban J connectivity index is 2.42. The number of rotatable bonds is 2. The van der Waals surface area contributed by atoms with Gasteiger partial charge in [-0.25, -0.2) is 13.8 Å². The Morgan fingerprint density at radius 3 is 2.67 bits per heavy atom. The van der Waals surface area contributed by atoms with Crippen molar-refractivity contribution in [1.29, 1.82) is 0 Å². The van der Waals surface area contributed by atoms with Crippen molar-refractivity contribution in [1.82, 2.24) is 9.97 Å². The molecule has 0 amide bonds. The largest absolute Gasteiger partial charge is 0.383 e. The summed E-state index contributed by atoms with van der Waals surface area (Å²) in [5, 5.41) is 2.48. The minimum absolute atomic E-state index is 0.0188. The van der Waals surface area contributed by atoms with Crippen molar-refractivity contribution in [2.45, 2.75) is 6.92 Å². The van der Waals surface area contributed by atoms with Crippen molar-refractivity contribution in [2.24, 2.45) is 0 Å². The van der Waals surface area contributed by atoms with Crippen LogP contribution in [0.3, 0.4) is 0 Å². The zero-order valence-electron chi connectivity index (χ0n) is 9.34. The van der Waals surface area contributed by atoms with Crippen LogP contribution in [0.25, 0.3) is 0 Å². The molecule has 3 N–H and O–H groups in total. The van der Waals surface area contributed by atoms with E-state index in [0.29, 0.717) is 10.2 Å². The van der Waals surface area contributed by atoms with Crippen LogP contribution >= 0.6 is 15.9 Å². The van der Waals surface area contributed by atoms with Gasteiger partial charge in [-0.15, -0.1) is 0 Å². The highest BCUT2D eigenvalue weighted by atomic mass is 79.9. The molecule has 94 valence electrons. The van der Waals surface area contributed by atoms with E-state index in [-0.39, 0.29) is 17.5 Å². The summed E-state index contributed by atoms with van der Waals surface area (Å²) in [5.41, 5.74) is 5.53. The number of nitrogens with one attached hydrogen (secondary N) is 1. The predicted octanol–water partition coefficient (Wildman–Crippen LogP) is 3.15. The number of nitrogens with zero attached hydrogens (tertiary/aromatic N) is 2. The highest BCUT2D eigenvalue weighted by Crippen LogP contribution is 2.25. The summed E-state index contributed by atoms with van der Waals surface area (Å²) in [5.74, 6) is -1.20. The smallest absolute Gasteiger partial charge is 0.230 e. The van der Waals surface area contributed by atoms with E-state index in [1.807, 2.05) is 0 Å². The maximum Gasteiger partial charge on any atom is 0.230 e.